The molecule has 0 saturated carbocycles. The maximum atomic E-state index is 12.8. The van der Waals surface area contributed by atoms with Crippen molar-refractivity contribution in [2.45, 2.75) is 39.0 Å². The third-order valence-electron chi connectivity index (χ3n) is 3.75. The number of amides is 1. The van der Waals surface area contributed by atoms with Gasteiger partial charge in [0.1, 0.15) is 11.9 Å². The van der Waals surface area contributed by atoms with Crippen LogP contribution in [-0.2, 0) is 4.74 Å². The zero-order valence-electron chi connectivity index (χ0n) is 13.8. The van der Waals surface area contributed by atoms with Crippen LogP contribution < -0.4 is 10.6 Å². The van der Waals surface area contributed by atoms with Gasteiger partial charge in [-0.15, -0.1) is 0 Å². The second kappa shape index (κ2) is 7.38. The monoisotopic (exact) mass is 324 g/mol. The minimum Gasteiger partial charge on any atom is -0.389 e. The van der Waals surface area contributed by atoms with Gasteiger partial charge in [-0.05, 0) is 29.7 Å². The van der Waals surface area contributed by atoms with Crippen LogP contribution in [0.3, 0.4) is 0 Å². The van der Waals surface area contributed by atoms with E-state index in [1.165, 1.54) is 24.3 Å². The molecule has 1 fully saturated rings. The average Bonchev–Trinajstić information content (AvgIpc) is 2.83. The van der Waals surface area contributed by atoms with Crippen LogP contribution in [0.25, 0.3) is 0 Å². The highest BCUT2D eigenvalue weighted by molar-refractivity contribution is 5.94. The number of carbonyl (C=O) groups excluding carboxylic acids is 1. The van der Waals surface area contributed by atoms with E-state index in [1.54, 1.807) is 0 Å². The first-order chi connectivity index (χ1) is 10.8. The zero-order chi connectivity index (χ0) is 17.0. The lowest BCUT2D eigenvalue weighted by Crippen LogP contribution is -2.46. The average molecular weight is 324 g/mol. The van der Waals surface area contributed by atoms with Crippen LogP contribution in [0.5, 0.6) is 0 Å². The molecule has 1 aromatic rings. The Morgan fingerprint density at radius 3 is 2.61 bits per heavy atom. The van der Waals surface area contributed by atoms with E-state index in [-0.39, 0.29) is 29.7 Å². The van der Waals surface area contributed by atoms with E-state index >= 15 is 0 Å². The highest BCUT2D eigenvalue weighted by Crippen LogP contribution is 2.17. The van der Waals surface area contributed by atoms with E-state index in [4.69, 9.17) is 4.74 Å². The lowest BCUT2D eigenvalue weighted by atomic mass is 9.96. The Labute approximate surface area is 136 Å². The molecule has 3 atom stereocenters. The van der Waals surface area contributed by atoms with E-state index in [2.05, 4.69) is 31.4 Å². The Bertz CT molecular complexity index is 528. The largest absolute Gasteiger partial charge is 0.389 e. The number of benzene rings is 1. The molecule has 1 heterocycles. The second-order valence-corrected chi connectivity index (χ2v) is 7.13. The molecule has 0 aromatic heterocycles. The van der Waals surface area contributed by atoms with Crippen LogP contribution in [0.2, 0.25) is 0 Å². The number of ether oxygens (including phenoxy) is 1. The van der Waals surface area contributed by atoms with Crippen LogP contribution in [0, 0.1) is 11.2 Å². The molecule has 3 N–H and O–H groups in total. The number of aliphatic hydroxyl groups excluding tert-OH is 1. The van der Waals surface area contributed by atoms with Crippen LogP contribution >= 0.6 is 0 Å². The number of rotatable bonds is 5. The number of carbonyl (C=O) groups is 1. The molecular weight excluding hydrogens is 299 g/mol. The molecule has 0 radical (unpaired) electrons. The van der Waals surface area contributed by atoms with Gasteiger partial charge in [-0.1, -0.05) is 20.8 Å². The molecule has 6 heteroatoms. The van der Waals surface area contributed by atoms with Crippen molar-refractivity contribution in [1.29, 1.82) is 0 Å². The topological polar surface area (TPSA) is 70.6 Å². The number of aliphatic hydroxyl groups is 1. The number of halogens is 1. The first-order valence-corrected chi connectivity index (χ1v) is 7.83. The molecule has 0 spiro atoms. The molecule has 1 aliphatic rings. The van der Waals surface area contributed by atoms with Gasteiger partial charge < -0.3 is 20.5 Å². The molecule has 1 aliphatic heterocycles. The quantitative estimate of drug-likeness (QED) is 0.764. The summed E-state index contributed by atoms with van der Waals surface area (Å²) in [5.74, 6) is -0.698. The Morgan fingerprint density at radius 2 is 2.00 bits per heavy atom. The summed E-state index contributed by atoms with van der Waals surface area (Å²) in [5.41, 5.74) is 0.496. The predicted octanol–water partition coefficient (Wildman–Crippen LogP) is 1.32. The van der Waals surface area contributed by atoms with Crippen molar-refractivity contribution in [3.05, 3.63) is 35.6 Å². The van der Waals surface area contributed by atoms with Gasteiger partial charge in [0.25, 0.3) is 5.91 Å². The normalized spacial score (nSPS) is 24.7. The van der Waals surface area contributed by atoms with Crippen LogP contribution in [0.1, 0.15) is 31.1 Å². The molecule has 1 aromatic carbocycles. The molecule has 0 aliphatic carbocycles. The maximum absolute atomic E-state index is 12.8. The van der Waals surface area contributed by atoms with E-state index in [1.807, 2.05) is 0 Å². The lowest BCUT2D eigenvalue weighted by molar-refractivity contribution is 0.0397. The second-order valence-electron chi connectivity index (χ2n) is 7.13. The molecule has 23 heavy (non-hydrogen) atoms. The van der Waals surface area contributed by atoms with Crippen LogP contribution in [-0.4, -0.2) is 49.0 Å². The van der Waals surface area contributed by atoms with Gasteiger partial charge in [0, 0.05) is 18.7 Å². The van der Waals surface area contributed by atoms with E-state index in [9.17, 15) is 14.3 Å². The minimum atomic E-state index is -0.675. The van der Waals surface area contributed by atoms with E-state index < -0.39 is 12.2 Å². The highest BCUT2D eigenvalue weighted by atomic mass is 19.1. The summed E-state index contributed by atoms with van der Waals surface area (Å²) >= 11 is 0. The summed E-state index contributed by atoms with van der Waals surface area (Å²) in [6.07, 6.45) is -1.12. The lowest BCUT2D eigenvalue weighted by Gasteiger charge is -2.24. The van der Waals surface area contributed by atoms with Gasteiger partial charge in [-0.2, -0.15) is 0 Å². The van der Waals surface area contributed by atoms with Gasteiger partial charge in [-0.3, -0.25) is 4.79 Å². The zero-order valence-corrected chi connectivity index (χ0v) is 13.8. The molecule has 128 valence electrons. The van der Waals surface area contributed by atoms with E-state index in [0.29, 0.717) is 12.2 Å². The summed E-state index contributed by atoms with van der Waals surface area (Å²) in [5, 5.41) is 16.3. The third kappa shape index (κ3) is 5.27. The maximum Gasteiger partial charge on any atom is 0.251 e. The molecule has 5 nitrogen and oxygen atoms in total. The molecule has 2 rings (SSSR count). The van der Waals surface area contributed by atoms with Crippen molar-refractivity contribution in [2.24, 2.45) is 5.41 Å². The van der Waals surface area contributed by atoms with Crippen molar-refractivity contribution in [3.8, 4) is 0 Å². The third-order valence-corrected chi connectivity index (χ3v) is 3.75. The number of hydrogen-bond acceptors (Lipinski definition) is 4. The summed E-state index contributed by atoms with van der Waals surface area (Å²) in [7, 11) is 0. The molecule has 0 bridgehead atoms. The summed E-state index contributed by atoms with van der Waals surface area (Å²) in [6.45, 7) is 7.74. The Morgan fingerprint density at radius 1 is 1.35 bits per heavy atom. The Balaban J connectivity index is 1.80. The van der Waals surface area contributed by atoms with Crippen molar-refractivity contribution < 1.29 is 19.0 Å². The number of hydrogen-bond donors (Lipinski definition) is 3. The Kier molecular flexibility index (Phi) is 5.73. The molecule has 1 saturated heterocycles. The van der Waals surface area contributed by atoms with E-state index in [0.717, 1.165) is 6.54 Å². The fourth-order valence-corrected chi connectivity index (χ4v) is 2.38. The smallest absolute Gasteiger partial charge is 0.251 e. The van der Waals surface area contributed by atoms with Crippen LogP contribution in [0.4, 0.5) is 4.39 Å². The van der Waals surface area contributed by atoms with Crippen molar-refractivity contribution in [2.75, 3.05) is 19.7 Å². The fraction of sp³-hybridized carbons (Fsp3) is 0.588. The number of nitrogens with one attached hydrogen (secondary N) is 2. The van der Waals surface area contributed by atoms with Gasteiger partial charge in [0.2, 0.25) is 0 Å². The fourth-order valence-electron chi connectivity index (χ4n) is 2.38. The summed E-state index contributed by atoms with van der Waals surface area (Å²) in [6, 6.07) is 5.18. The van der Waals surface area contributed by atoms with Crippen LogP contribution in [0.15, 0.2) is 24.3 Å². The van der Waals surface area contributed by atoms with Gasteiger partial charge in [0.15, 0.2) is 0 Å². The van der Waals surface area contributed by atoms with Gasteiger partial charge in [0.05, 0.1) is 18.8 Å². The molecular formula is C17H25FN2O3. The van der Waals surface area contributed by atoms with Crippen molar-refractivity contribution in [1.82, 2.24) is 10.6 Å². The standard InChI is InChI=1S/C17H25FN2O3/c1-17(2,3)10-20-13-9-23-14(15(13)21)8-19-16(22)11-4-6-12(18)7-5-11/h4-7,13-15,20-21H,8-10H2,1-3H3,(H,19,22)/t13-,14-,15+/m1/s1. The predicted molar refractivity (Wildman–Crippen MR) is 85.7 cm³/mol. The Hall–Kier alpha value is -1.50. The minimum absolute atomic E-state index is 0.120. The summed E-state index contributed by atoms with van der Waals surface area (Å²) in [4.78, 5) is 12.0. The van der Waals surface area contributed by atoms with Crippen molar-refractivity contribution in [3.63, 3.8) is 0 Å². The van der Waals surface area contributed by atoms with Gasteiger partial charge in [-0.25, -0.2) is 4.39 Å². The molecule has 1 amide bonds. The first kappa shape index (κ1) is 17.8. The first-order valence-electron chi connectivity index (χ1n) is 7.83. The molecule has 0 unspecified atom stereocenters. The van der Waals surface area contributed by atoms with Gasteiger partial charge >= 0.3 is 0 Å². The summed E-state index contributed by atoms with van der Waals surface area (Å²) < 4.78 is 18.4. The van der Waals surface area contributed by atoms with Crippen molar-refractivity contribution >= 4 is 5.91 Å². The highest BCUT2D eigenvalue weighted by Gasteiger charge is 2.36. The SMILES string of the molecule is CC(C)(C)CN[C@@H]1CO[C@H](CNC(=O)c2ccc(F)cc2)[C@H]1O.